The standard InChI is InChI=1S/C9H20N2S2/c1-8(9(10)12)7-11(2)5-4-6-13-3/h8H,4-7H2,1-3H3,(H2,10,12). The minimum absolute atomic E-state index is 0.328. The third kappa shape index (κ3) is 7.28. The summed E-state index contributed by atoms with van der Waals surface area (Å²) in [6.45, 7) is 4.19. The first kappa shape index (κ1) is 13.2. The minimum atomic E-state index is 0.328. The number of hydrogen-bond donors (Lipinski definition) is 1. The van der Waals surface area contributed by atoms with Crippen LogP contribution in [0.3, 0.4) is 0 Å². The number of hydrogen-bond acceptors (Lipinski definition) is 3. The molecule has 78 valence electrons. The van der Waals surface area contributed by atoms with Crippen LogP contribution in [0.2, 0.25) is 0 Å². The van der Waals surface area contributed by atoms with Gasteiger partial charge in [0.1, 0.15) is 0 Å². The lowest BCUT2D eigenvalue weighted by Gasteiger charge is -2.20. The molecule has 0 fully saturated rings. The molecule has 4 heteroatoms. The van der Waals surface area contributed by atoms with Gasteiger partial charge in [-0.15, -0.1) is 0 Å². The summed E-state index contributed by atoms with van der Waals surface area (Å²) in [5.74, 6) is 1.56. The second-order valence-electron chi connectivity index (χ2n) is 3.41. The van der Waals surface area contributed by atoms with Crippen LogP contribution in [0.4, 0.5) is 0 Å². The third-order valence-corrected chi connectivity index (χ3v) is 3.06. The fraction of sp³-hybridized carbons (Fsp3) is 0.889. The van der Waals surface area contributed by atoms with Crippen molar-refractivity contribution >= 4 is 29.0 Å². The highest BCUT2D eigenvalue weighted by Gasteiger charge is 2.07. The molecule has 0 bridgehead atoms. The molecule has 0 saturated carbocycles. The predicted molar refractivity (Wildman–Crippen MR) is 66.4 cm³/mol. The van der Waals surface area contributed by atoms with Crippen LogP contribution < -0.4 is 5.73 Å². The fourth-order valence-electron chi connectivity index (χ4n) is 1.13. The largest absolute Gasteiger partial charge is 0.393 e. The first-order chi connectivity index (χ1) is 6.07. The monoisotopic (exact) mass is 220 g/mol. The molecule has 1 atom stereocenters. The Morgan fingerprint density at radius 3 is 2.69 bits per heavy atom. The van der Waals surface area contributed by atoms with E-state index in [9.17, 15) is 0 Å². The van der Waals surface area contributed by atoms with Crippen molar-refractivity contribution in [1.82, 2.24) is 4.90 Å². The summed E-state index contributed by atoms with van der Waals surface area (Å²) in [5.41, 5.74) is 5.54. The number of nitrogens with zero attached hydrogens (tertiary/aromatic N) is 1. The zero-order valence-electron chi connectivity index (χ0n) is 8.75. The highest BCUT2D eigenvalue weighted by Crippen LogP contribution is 2.01. The van der Waals surface area contributed by atoms with Gasteiger partial charge in [-0.3, -0.25) is 0 Å². The van der Waals surface area contributed by atoms with E-state index in [2.05, 4.69) is 25.1 Å². The van der Waals surface area contributed by atoms with Crippen LogP contribution in [0, 0.1) is 5.92 Å². The number of nitrogens with two attached hydrogens (primary N) is 1. The van der Waals surface area contributed by atoms with Crippen molar-refractivity contribution in [3.8, 4) is 0 Å². The van der Waals surface area contributed by atoms with Gasteiger partial charge in [0.2, 0.25) is 0 Å². The summed E-state index contributed by atoms with van der Waals surface area (Å²) in [5, 5.41) is 0. The molecule has 0 aromatic heterocycles. The van der Waals surface area contributed by atoms with Crippen LogP contribution in [-0.2, 0) is 0 Å². The van der Waals surface area contributed by atoms with Gasteiger partial charge >= 0.3 is 0 Å². The summed E-state index contributed by atoms with van der Waals surface area (Å²) in [6.07, 6.45) is 3.37. The lowest BCUT2D eigenvalue weighted by molar-refractivity contribution is 0.317. The van der Waals surface area contributed by atoms with E-state index in [1.807, 2.05) is 11.8 Å². The van der Waals surface area contributed by atoms with Gasteiger partial charge in [-0.05, 0) is 32.0 Å². The fourth-order valence-corrected chi connectivity index (χ4v) is 1.62. The van der Waals surface area contributed by atoms with Crippen molar-refractivity contribution in [1.29, 1.82) is 0 Å². The van der Waals surface area contributed by atoms with Gasteiger partial charge in [0.05, 0.1) is 4.99 Å². The van der Waals surface area contributed by atoms with E-state index in [1.54, 1.807) is 0 Å². The molecule has 2 nitrogen and oxygen atoms in total. The van der Waals surface area contributed by atoms with Crippen LogP contribution >= 0.6 is 24.0 Å². The van der Waals surface area contributed by atoms with E-state index in [4.69, 9.17) is 18.0 Å². The summed E-state index contributed by atoms with van der Waals surface area (Å²) >= 11 is 6.81. The van der Waals surface area contributed by atoms with Gasteiger partial charge in [-0.2, -0.15) is 11.8 Å². The van der Waals surface area contributed by atoms with Crippen molar-refractivity contribution in [2.24, 2.45) is 11.7 Å². The Bertz CT molecular complexity index is 151. The van der Waals surface area contributed by atoms with Crippen molar-refractivity contribution in [2.45, 2.75) is 13.3 Å². The Kier molecular flexibility index (Phi) is 7.71. The Hall–Kier alpha value is 0.200. The van der Waals surface area contributed by atoms with Crippen molar-refractivity contribution in [3.05, 3.63) is 0 Å². The van der Waals surface area contributed by atoms with Gasteiger partial charge < -0.3 is 10.6 Å². The SMILES string of the molecule is CSCCCN(C)CC(C)C(N)=S. The topological polar surface area (TPSA) is 29.3 Å². The van der Waals surface area contributed by atoms with Gasteiger partial charge in [0.25, 0.3) is 0 Å². The molecule has 0 aliphatic rings. The van der Waals surface area contributed by atoms with Crippen LogP contribution in [0.25, 0.3) is 0 Å². The quantitative estimate of drug-likeness (QED) is 0.521. The van der Waals surface area contributed by atoms with Gasteiger partial charge in [0.15, 0.2) is 0 Å². The summed E-state index contributed by atoms with van der Waals surface area (Å²) in [7, 11) is 2.12. The number of thiocarbonyl (C=S) groups is 1. The summed E-state index contributed by atoms with van der Waals surface area (Å²) in [6, 6.07) is 0. The average molecular weight is 220 g/mol. The number of thioether (sulfide) groups is 1. The van der Waals surface area contributed by atoms with Crippen molar-refractivity contribution in [3.63, 3.8) is 0 Å². The molecule has 1 unspecified atom stereocenters. The molecule has 13 heavy (non-hydrogen) atoms. The maximum atomic E-state index is 5.54. The summed E-state index contributed by atoms with van der Waals surface area (Å²) < 4.78 is 0. The molecule has 0 rings (SSSR count). The number of rotatable bonds is 7. The highest BCUT2D eigenvalue weighted by atomic mass is 32.2. The smallest absolute Gasteiger partial charge is 0.0768 e. The molecule has 0 aliphatic carbocycles. The maximum absolute atomic E-state index is 5.54. The molecular weight excluding hydrogens is 200 g/mol. The van der Waals surface area contributed by atoms with Crippen molar-refractivity contribution in [2.75, 3.05) is 32.1 Å². The maximum Gasteiger partial charge on any atom is 0.0768 e. The summed E-state index contributed by atoms with van der Waals surface area (Å²) in [4.78, 5) is 2.91. The average Bonchev–Trinajstić information content (AvgIpc) is 2.04. The first-order valence-electron chi connectivity index (χ1n) is 4.54. The molecule has 0 heterocycles. The zero-order valence-corrected chi connectivity index (χ0v) is 10.4. The normalized spacial score (nSPS) is 13.2. The molecule has 0 amide bonds. The second-order valence-corrected chi connectivity index (χ2v) is 4.87. The van der Waals surface area contributed by atoms with Gasteiger partial charge in [-0.25, -0.2) is 0 Å². The van der Waals surface area contributed by atoms with Crippen molar-refractivity contribution < 1.29 is 0 Å². The Morgan fingerprint density at radius 1 is 1.62 bits per heavy atom. The minimum Gasteiger partial charge on any atom is -0.393 e. The third-order valence-electron chi connectivity index (χ3n) is 1.96. The lowest BCUT2D eigenvalue weighted by atomic mass is 10.2. The van der Waals surface area contributed by atoms with E-state index in [-0.39, 0.29) is 0 Å². The molecular formula is C9H20N2S2. The van der Waals surface area contributed by atoms with Gasteiger partial charge in [0, 0.05) is 12.5 Å². The molecule has 0 aromatic rings. The van der Waals surface area contributed by atoms with Gasteiger partial charge in [-0.1, -0.05) is 19.1 Å². The van der Waals surface area contributed by atoms with E-state index < -0.39 is 0 Å². The molecule has 2 N–H and O–H groups in total. The van der Waals surface area contributed by atoms with E-state index in [1.165, 1.54) is 12.2 Å². The molecule has 0 spiro atoms. The van der Waals surface area contributed by atoms with Crippen LogP contribution in [0.15, 0.2) is 0 Å². The molecule has 0 aliphatic heterocycles. The lowest BCUT2D eigenvalue weighted by Crippen LogP contribution is -2.32. The molecule has 0 radical (unpaired) electrons. The van der Waals surface area contributed by atoms with E-state index >= 15 is 0 Å². The van der Waals surface area contributed by atoms with Crippen LogP contribution in [-0.4, -0.2) is 42.0 Å². The predicted octanol–water partition coefficient (Wildman–Crippen LogP) is 1.59. The van der Waals surface area contributed by atoms with E-state index in [0.717, 1.165) is 13.1 Å². The Morgan fingerprint density at radius 2 is 2.23 bits per heavy atom. The van der Waals surface area contributed by atoms with Crippen LogP contribution in [0.5, 0.6) is 0 Å². The molecule has 0 aromatic carbocycles. The zero-order chi connectivity index (χ0) is 10.3. The molecule has 0 saturated heterocycles. The Labute approximate surface area is 91.2 Å². The highest BCUT2D eigenvalue weighted by molar-refractivity contribution is 7.98. The Balaban J connectivity index is 3.49. The van der Waals surface area contributed by atoms with E-state index in [0.29, 0.717) is 10.9 Å². The first-order valence-corrected chi connectivity index (χ1v) is 6.35. The second kappa shape index (κ2) is 7.59. The van der Waals surface area contributed by atoms with Crippen LogP contribution in [0.1, 0.15) is 13.3 Å².